The quantitative estimate of drug-likeness (QED) is 0.699. The largest absolute Gasteiger partial charge is 0.479 e. The lowest BCUT2D eigenvalue weighted by Crippen LogP contribution is -2.44. The third kappa shape index (κ3) is 1.51. The second kappa shape index (κ2) is 4.08. The van der Waals surface area contributed by atoms with Gasteiger partial charge in [-0.2, -0.15) is 0 Å². The number of hydrogen-bond donors (Lipinski definition) is 2. The van der Waals surface area contributed by atoms with Gasteiger partial charge in [0.2, 0.25) is 0 Å². The number of nitrogens with zero attached hydrogens (tertiary/aromatic N) is 5. The fourth-order valence-electron chi connectivity index (χ4n) is 2.63. The summed E-state index contributed by atoms with van der Waals surface area (Å²) in [4.78, 5) is 19.5. The summed E-state index contributed by atoms with van der Waals surface area (Å²) in [5.41, 5.74) is 1.63. The molecule has 4 rings (SSSR count). The first-order valence-electron chi connectivity index (χ1n) is 6.25. The van der Waals surface area contributed by atoms with Crippen molar-refractivity contribution in [1.29, 1.82) is 5.39 Å². The summed E-state index contributed by atoms with van der Waals surface area (Å²) in [5, 5.41) is 22.5. The topological polar surface area (TPSA) is 114 Å². The molecule has 0 saturated heterocycles. The number of nitrogens with one attached hydrogen (secondary N) is 2. The van der Waals surface area contributed by atoms with Crippen LogP contribution in [0.5, 0.6) is 0 Å². The second-order valence-electron chi connectivity index (χ2n) is 4.64. The van der Waals surface area contributed by atoms with E-state index in [1.165, 1.54) is 0 Å². The van der Waals surface area contributed by atoms with Gasteiger partial charge < -0.3 is 0 Å². The standard InChI is InChI=1S/C13H7N7O/c14-16-12-8-7(6-4-2-1-3-5-6)9-11(18-20-13(9)21)15-10(8)17-19-12/h1-5,8,14H/p+1. The molecule has 0 fully saturated rings. The molecule has 2 aliphatic heterocycles. The number of fused-ring (bicyclic) bond motifs is 2. The van der Waals surface area contributed by atoms with Crippen molar-refractivity contribution in [1.82, 2.24) is 10.2 Å². The maximum Gasteiger partial charge on any atom is 0.479 e. The normalized spacial score (nSPS) is 19.0. The van der Waals surface area contributed by atoms with Crippen molar-refractivity contribution in [2.45, 2.75) is 0 Å². The molecule has 0 spiro atoms. The molecular formula is C13H8N7O+. The van der Waals surface area contributed by atoms with E-state index < -0.39 is 5.92 Å². The Hall–Kier alpha value is -3.34. The van der Waals surface area contributed by atoms with Crippen molar-refractivity contribution in [2.24, 2.45) is 21.1 Å². The zero-order chi connectivity index (χ0) is 14.4. The van der Waals surface area contributed by atoms with Crippen LogP contribution in [0, 0.1) is 11.3 Å². The number of amidine groups is 2. The molecule has 0 saturated carbocycles. The Labute approximate surface area is 116 Å². The third-order valence-corrected chi connectivity index (χ3v) is 3.50. The van der Waals surface area contributed by atoms with E-state index in [2.05, 4.69) is 30.4 Å². The Balaban J connectivity index is 2.16. The third-order valence-electron chi connectivity index (χ3n) is 3.50. The molecule has 1 unspecified atom stereocenters. The van der Waals surface area contributed by atoms with Crippen molar-refractivity contribution in [3.8, 4) is 0 Å². The molecule has 2 aromatic rings. The van der Waals surface area contributed by atoms with Gasteiger partial charge in [0.1, 0.15) is 5.10 Å². The van der Waals surface area contributed by atoms with Crippen molar-refractivity contribution < 1.29 is 0 Å². The fourth-order valence-corrected chi connectivity index (χ4v) is 2.63. The van der Waals surface area contributed by atoms with Gasteiger partial charge in [-0.05, 0) is 10.7 Å². The average Bonchev–Trinajstić information content (AvgIpc) is 3.10. The minimum absolute atomic E-state index is 0.124. The minimum Gasteiger partial charge on any atom is -0.281 e. The highest BCUT2D eigenvalue weighted by Gasteiger charge is 2.44. The predicted molar refractivity (Wildman–Crippen MR) is 74.6 cm³/mol. The van der Waals surface area contributed by atoms with Crippen LogP contribution in [0.4, 0.5) is 0 Å². The molecule has 1 aromatic carbocycles. The van der Waals surface area contributed by atoms with E-state index in [-0.39, 0.29) is 11.4 Å². The van der Waals surface area contributed by atoms with Crippen LogP contribution in [0.15, 0.2) is 50.3 Å². The molecule has 8 heteroatoms. The van der Waals surface area contributed by atoms with Crippen LogP contribution in [-0.2, 0) is 0 Å². The van der Waals surface area contributed by atoms with E-state index in [0.29, 0.717) is 22.1 Å². The summed E-state index contributed by atoms with van der Waals surface area (Å²) in [5.74, 6) is -0.0231. The Bertz CT molecular complexity index is 1020. The maximum atomic E-state index is 12.1. The zero-order valence-electron chi connectivity index (χ0n) is 10.6. The van der Waals surface area contributed by atoms with E-state index in [9.17, 15) is 4.79 Å². The van der Waals surface area contributed by atoms with Crippen molar-refractivity contribution in [3.63, 3.8) is 0 Å². The second-order valence-corrected chi connectivity index (χ2v) is 4.64. The Morgan fingerprint density at radius 2 is 1.95 bits per heavy atom. The lowest BCUT2D eigenvalue weighted by atomic mass is 9.88. The number of diazo groups is 1. The van der Waals surface area contributed by atoms with E-state index in [0.717, 1.165) is 5.56 Å². The fraction of sp³-hybridized carbons (Fsp3) is 0.0769. The van der Waals surface area contributed by atoms with Gasteiger partial charge in [0.15, 0.2) is 17.2 Å². The number of rotatable bonds is 1. The lowest BCUT2D eigenvalue weighted by molar-refractivity contribution is 0.998. The van der Waals surface area contributed by atoms with Crippen molar-refractivity contribution in [2.75, 3.05) is 0 Å². The number of aromatic nitrogens is 2. The monoisotopic (exact) mass is 278 g/mol. The molecule has 8 nitrogen and oxygen atoms in total. The van der Waals surface area contributed by atoms with Gasteiger partial charge in [0.25, 0.3) is 5.56 Å². The summed E-state index contributed by atoms with van der Waals surface area (Å²) < 4.78 is 0. The molecule has 0 radical (unpaired) electrons. The van der Waals surface area contributed by atoms with Gasteiger partial charge in [0, 0.05) is 10.5 Å². The highest BCUT2D eigenvalue weighted by atomic mass is 16.1. The Morgan fingerprint density at radius 3 is 2.71 bits per heavy atom. The first-order valence-corrected chi connectivity index (χ1v) is 6.25. The summed E-state index contributed by atoms with van der Waals surface area (Å²) in [6, 6.07) is 9.37. The van der Waals surface area contributed by atoms with Crippen LogP contribution < -0.4 is 16.3 Å². The van der Waals surface area contributed by atoms with Crippen molar-refractivity contribution >= 4 is 17.2 Å². The molecule has 100 valence electrons. The Kier molecular flexibility index (Phi) is 2.23. The van der Waals surface area contributed by atoms with Gasteiger partial charge in [-0.1, -0.05) is 30.3 Å². The van der Waals surface area contributed by atoms with E-state index in [1.807, 2.05) is 30.3 Å². The van der Waals surface area contributed by atoms with Crippen molar-refractivity contribution in [3.05, 3.63) is 61.9 Å². The van der Waals surface area contributed by atoms with E-state index in [1.54, 1.807) is 0 Å². The predicted octanol–water partition coefficient (Wildman–Crippen LogP) is -0.270. The summed E-state index contributed by atoms with van der Waals surface area (Å²) in [6.07, 6.45) is 0. The summed E-state index contributed by atoms with van der Waals surface area (Å²) >= 11 is 0. The number of hydrogen-bond acceptors (Lipinski definition) is 5. The molecule has 1 aromatic heterocycles. The average molecular weight is 278 g/mol. The molecule has 0 bridgehead atoms. The van der Waals surface area contributed by atoms with Gasteiger partial charge in [-0.3, -0.25) is 15.0 Å². The highest BCUT2D eigenvalue weighted by molar-refractivity contribution is 6.20. The smallest absolute Gasteiger partial charge is 0.281 e. The molecule has 0 aliphatic carbocycles. The molecule has 21 heavy (non-hydrogen) atoms. The number of H-pyrrole nitrogens is 2. The molecule has 1 atom stereocenters. The first kappa shape index (κ1) is 11.5. The molecule has 0 amide bonds. The van der Waals surface area contributed by atoms with Crippen LogP contribution in [0.25, 0.3) is 10.5 Å². The number of aromatic amines is 2. The van der Waals surface area contributed by atoms with Crippen LogP contribution in [-0.4, -0.2) is 21.9 Å². The van der Waals surface area contributed by atoms with Gasteiger partial charge in [0.05, 0.1) is 10.6 Å². The summed E-state index contributed by atoms with van der Waals surface area (Å²) in [7, 11) is 0. The minimum atomic E-state index is -0.540. The van der Waals surface area contributed by atoms with Crippen LogP contribution in [0.3, 0.4) is 0 Å². The van der Waals surface area contributed by atoms with Crippen LogP contribution in [0.2, 0.25) is 0 Å². The van der Waals surface area contributed by atoms with Crippen LogP contribution in [0.1, 0.15) is 5.56 Å². The lowest BCUT2D eigenvalue weighted by Gasteiger charge is -2.12. The summed E-state index contributed by atoms with van der Waals surface area (Å²) in [6.45, 7) is 0. The zero-order valence-corrected chi connectivity index (χ0v) is 10.6. The molecule has 3 heterocycles. The molecule has 2 N–H and O–H groups in total. The number of benzene rings is 1. The molecular weight excluding hydrogens is 270 g/mol. The SMILES string of the molecule is N#[N+]C1=NN=C2N=c3[nH][nH]c(=O)c3=C(c3ccccc3)C21. The van der Waals surface area contributed by atoms with Gasteiger partial charge in [-0.25, -0.2) is 4.99 Å². The van der Waals surface area contributed by atoms with Gasteiger partial charge in [-0.15, -0.1) is 0 Å². The van der Waals surface area contributed by atoms with E-state index >= 15 is 0 Å². The molecule has 2 aliphatic rings. The van der Waals surface area contributed by atoms with Gasteiger partial charge >= 0.3 is 5.84 Å². The highest BCUT2D eigenvalue weighted by Crippen LogP contribution is 2.28. The first-order chi connectivity index (χ1) is 10.3. The maximum absolute atomic E-state index is 12.1. The Morgan fingerprint density at radius 1 is 1.14 bits per heavy atom. The van der Waals surface area contributed by atoms with Crippen LogP contribution >= 0.6 is 0 Å². The van der Waals surface area contributed by atoms with E-state index in [4.69, 9.17) is 5.39 Å².